The van der Waals surface area contributed by atoms with Gasteiger partial charge in [0.2, 0.25) is 0 Å². The number of aromatic nitrogens is 1. The van der Waals surface area contributed by atoms with Gasteiger partial charge < -0.3 is 9.84 Å². The van der Waals surface area contributed by atoms with Crippen molar-refractivity contribution in [2.24, 2.45) is 0 Å². The number of carboxylic acid groups (broad SMARTS) is 1. The molecule has 0 amide bonds. The molecule has 1 aromatic carbocycles. The monoisotopic (exact) mass is 243 g/mol. The predicted octanol–water partition coefficient (Wildman–Crippen LogP) is 2.85. The van der Waals surface area contributed by atoms with Crippen molar-refractivity contribution < 1.29 is 14.6 Å². The van der Waals surface area contributed by atoms with Crippen molar-refractivity contribution in [2.75, 3.05) is 6.61 Å². The summed E-state index contributed by atoms with van der Waals surface area (Å²) in [6.07, 6.45) is 3.03. The summed E-state index contributed by atoms with van der Waals surface area (Å²) in [4.78, 5) is 15.1. The average molecular weight is 243 g/mol. The van der Waals surface area contributed by atoms with Crippen molar-refractivity contribution in [2.45, 2.75) is 6.92 Å². The van der Waals surface area contributed by atoms with Crippen LogP contribution in [0.15, 0.2) is 42.7 Å². The van der Waals surface area contributed by atoms with Crippen LogP contribution in [0, 0.1) is 0 Å². The summed E-state index contributed by atoms with van der Waals surface area (Å²) in [6.45, 7) is 2.52. The van der Waals surface area contributed by atoms with Gasteiger partial charge in [-0.25, -0.2) is 4.79 Å². The molecule has 2 rings (SSSR count). The molecule has 92 valence electrons. The van der Waals surface area contributed by atoms with E-state index in [9.17, 15) is 4.79 Å². The molecule has 0 radical (unpaired) electrons. The third kappa shape index (κ3) is 2.48. The Morgan fingerprint density at radius 1 is 1.28 bits per heavy atom. The average Bonchev–Trinajstić information content (AvgIpc) is 2.40. The van der Waals surface area contributed by atoms with E-state index in [2.05, 4.69) is 4.98 Å². The third-order valence-electron chi connectivity index (χ3n) is 2.53. The van der Waals surface area contributed by atoms with Gasteiger partial charge in [-0.15, -0.1) is 0 Å². The zero-order valence-corrected chi connectivity index (χ0v) is 9.96. The minimum atomic E-state index is -0.957. The first kappa shape index (κ1) is 12.1. The van der Waals surface area contributed by atoms with Crippen molar-refractivity contribution >= 4 is 5.97 Å². The Morgan fingerprint density at radius 2 is 2.00 bits per heavy atom. The number of hydrogen-bond acceptors (Lipinski definition) is 3. The highest BCUT2D eigenvalue weighted by atomic mass is 16.5. The molecule has 1 heterocycles. The Labute approximate surface area is 105 Å². The van der Waals surface area contributed by atoms with Crippen LogP contribution in [-0.4, -0.2) is 22.7 Å². The molecule has 0 aliphatic heterocycles. The first-order chi connectivity index (χ1) is 8.72. The molecule has 0 atom stereocenters. The quantitative estimate of drug-likeness (QED) is 0.897. The van der Waals surface area contributed by atoms with E-state index in [4.69, 9.17) is 9.84 Å². The molecule has 0 aliphatic carbocycles. The van der Waals surface area contributed by atoms with Crippen molar-refractivity contribution in [3.8, 4) is 16.9 Å². The maximum absolute atomic E-state index is 11.1. The Morgan fingerprint density at radius 3 is 2.61 bits per heavy atom. The molecule has 2 aromatic rings. The second-order valence-electron chi connectivity index (χ2n) is 3.68. The van der Waals surface area contributed by atoms with Gasteiger partial charge in [-0.1, -0.05) is 12.1 Å². The molecule has 0 saturated carbocycles. The summed E-state index contributed by atoms with van der Waals surface area (Å²) in [6, 6.07) is 8.78. The van der Waals surface area contributed by atoms with Gasteiger partial charge in [-0.2, -0.15) is 0 Å². The fourth-order valence-electron chi connectivity index (χ4n) is 1.71. The van der Waals surface area contributed by atoms with Gasteiger partial charge in [0.15, 0.2) is 0 Å². The maximum Gasteiger partial charge on any atom is 0.336 e. The minimum absolute atomic E-state index is 0.245. The van der Waals surface area contributed by atoms with Crippen LogP contribution in [-0.2, 0) is 0 Å². The van der Waals surface area contributed by atoms with E-state index >= 15 is 0 Å². The molecule has 0 fully saturated rings. The number of hydrogen-bond donors (Lipinski definition) is 1. The molecule has 1 N–H and O–H groups in total. The highest BCUT2D eigenvalue weighted by Gasteiger charge is 2.11. The van der Waals surface area contributed by atoms with Gasteiger partial charge in [0.05, 0.1) is 12.2 Å². The van der Waals surface area contributed by atoms with Crippen LogP contribution in [0.1, 0.15) is 17.3 Å². The zero-order valence-electron chi connectivity index (χ0n) is 9.96. The number of ether oxygens (including phenoxy) is 1. The lowest BCUT2D eigenvalue weighted by atomic mass is 10.0. The molecule has 0 spiro atoms. The highest BCUT2D eigenvalue weighted by Crippen LogP contribution is 2.25. The van der Waals surface area contributed by atoms with Crippen LogP contribution in [0.25, 0.3) is 11.1 Å². The minimum Gasteiger partial charge on any atom is -0.494 e. The SMILES string of the molecule is CCOc1ccc(-c2cnccc2C(=O)O)cc1. The number of aromatic carboxylic acids is 1. The molecule has 1 aromatic heterocycles. The molecule has 0 saturated heterocycles. The molecule has 18 heavy (non-hydrogen) atoms. The first-order valence-corrected chi connectivity index (χ1v) is 5.63. The molecule has 4 nitrogen and oxygen atoms in total. The number of rotatable bonds is 4. The first-order valence-electron chi connectivity index (χ1n) is 5.63. The van der Waals surface area contributed by atoms with Gasteiger partial charge in [-0.05, 0) is 30.7 Å². The summed E-state index contributed by atoms with van der Waals surface area (Å²) in [5.41, 5.74) is 1.66. The fraction of sp³-hybridized carbons (Fsp3) is 0.143. The van der Waals surface area contributed by atoms with E-state index in [0.29, 0.717) is 12.2 Å². The number of carboxylic acids is 1. The summed E-state index contributed by atoms with van der Waals surface area (Å²) >= 11 is 0. The summed E-state index contributed by atoms with van der Waals surface area (Å²) in [5, 5.41) is 9.11. The summed E-state index contributed by atoms with van der Waals surface area (Å²) < 4.78 is 5.34. The van der Waals surface area contributed by atoms with Crippen molar-refractivity contribution in [1.82, 2.24) is 4.98 Å². The van der Waals surface area contributed by atoms with E-state index in [1.807, 2.05) is 31.2 Å². The molecular weight excluding hydrogens is 230 g/mol. The van der Waals surface area contributed by atoms with Gasteiger partial charge >= 0.3 is 5.97 Å². The van der Waals surface area contributed by atoms with Crippen molar-refractivity contribution in [1.29, 1.82) is 0 Å². The standard InChI is InChI=1S/C14H13NO3/c1-2-18-11-5-3-10(4-6-11)13-9-15-8-7-12(13)14(16)17/h3-9H,2H2,1H3,(H,16,17). The second-order valence-corrected chi connectivity index (χ2v) is 3.68. The topological polar surface area (TPSA) is 59.4 Å². The maximum atomic E-state index is 11.1. The Kier molecular flexibility index (Phi) is 3.57. The van der Waals surface area contributed by atoms with Gasteiger partial charge in [0.25, 0.3) is 0 Å². The molecule has 0 unspecified atom stereocenters. The summed E-state index contributed by atoms with van der Waals surface area (Å²) in [5.74, 6) is -0.191. The van der Waals surface area contributed by atoms with Crippen LogP contribution in [0.3, 0.4) is 0 Å². The Hall–Kier alpha value is -2.36. The van der Waals surface area contributed by atoms with E-state index in [0.717, 1.165) is 11.3 Å². The van der Waals surface area contributed by atoms with E-state index < -0.39 is 5.97 Å². The smallest absolute Gasteiger partial charge is 0.336 e. The van der Waals surface area contributed by atoms with E-state index in [1.54, 1.807) is 6.20 Å². The van der Waals surface area contributed by atoms with Crippen LogP contribution in [0.4, 0.5) is 0 Å². The van der Waals surface area contributed by atoms with E-state index in [-0.39, 0.29) is 5.56 Å². The summed E-state index contributed by atoms with van der Waals surface area (Å²) in [7, 11) is 0. The Balaban J connectivity index is 2.39. The second kappa shape index (κ2) is 5.31. The largest absolute Gasteiger partial charge is 0.494 e. The van der Waals surface area contributed by atoms with E-state index in [1.165, 1.54) is 12.3 Å². The molecular formula is C14H13NO3. The third-order valence-corrected chi connectivity index (χ3v) is 2.53. The zero-order chi connectivity index (χ0) is 13.0. The normalized spacial score (nSPS) is 10.1. The number of carbonyl (C=O) groups is 1. The number of nitrogens with zero attached hydrogens (tertiary/aromatic N) is 1. The fourth-order valence-corrected chi connectivity index (χ4v) is 1.71. The van der Waals surface area contributed by atoms with Crippen molar-refractivity contribution in [3.63, 3.8) is 0 Å². The molecule has 0 bridgehead atoms. The lowest BCUT2D eigenvalue weighted by molar-refractivity contribution is 0.0697. The van der Waals surface area contributed by atoms with Crippen LogP contribution in [0.2, 0.25) is 0 Å². The van der Waals surface area contributed by atoms with Gasteiger partial charge in [-0.3, -0.25) is 4.98 Å². The number of pyridine rings is 1. The Bertz CT molecular complexity index is 549. The van der Waals surface area contributed by atoms with Crippen molar-refractivity contribution in [3.05, 3.63) is 48.3 Å². The highest BCUT2D eigenvalue weighted by molar-refractivity contribution is 5.95. The van der Waals surface area contributed by atoms with Crippen LogP contribution >= 0.6 is 0 Å². The van der Waals surface area contributed by atoms with Crippen LogP contribution < -0.4 is 4.74 Å². The predicted molar refractivity (Wildman–Crippen MR) is 67.8 cm³/mol. The molecule has 4 heteroatoms. The number of benzene rings is 1. The molecule has 0 aliphatic rings. The van der Waals surface area contributed by atoms with Gasteiger partial charge in [0, 0.05) is 18.0 Å². The lowest BCUT2D eigenvalue weighted by Crippen LogP contribution is -2.00. The lowest BCUT2D eigenvalue weighted by Gasteiger charge is -2.07. The van der Waals surface area contributed by atoms with Gasteiger partial charge in [0.1, 0.15) is 5.75 Å². The van der Waals surface area contributed by atoms with Crippen LogP contribution in [0.5, 0.6) is 5.75 Å².